The molecule has 1 heterocycles. The lowest BCUT2D eigenvalue weighted by atomic mass is 10.1. The van der Waals surface area contributed by atoms with Crippen molar-refractivity contribution < 1.29 is 0 Å². The molecule has 3 aromatic rings. The van der Waals surface area contributed by atoms with Crippen LogP contribution in [0.1, 0.15) is 11.4 Å². The zero-order valence-corrected chi connectivity index (χ0v) is 11.7. The number of hydrogen-bond donors (Lipinski definition) is 1. The molecule has 0 spiro atoms. The molecule has 0 amide bonds. The Hall–Kier alpha value is -2.88. The molecule has 0 atom stereocenters. The summed E-state index contributed by atoms with van der Waals surface area (Å²) in [5.41, 5.74) is 7.86. The highest BCUT2D eigenvalue weighted by molar-refractivity contribution is 5.79. The molecular formula is C17H15N3O. The number of para-hydroxylation sites is 1. The predicted octanol–water partition coefficient (Wildman–Crippen LogP) is 2.51. The maximum absolute atomic E-state index is 12.7. The summed E-state index contributed by atoms with van der Waals surface area (Å²) in [6, 6.07) is 16.9. The van der Waals surface area contributed by atoms with Crippen molar-refractivity contribution in [2.75, 3.05) is 0 Å². The SMILES string of the molecule is Cc1nc2ccccc2c(=O)n1/C(=C/N)c1ccccc1. The second kappa shape index (κ2) is 5.25. The van der Waals surface area contributed by atoms with E-state index in [0.717, 1.165) is 5.56 Å². The minimum Gasteiger partial charge on any atom is -0.403 e. The molecule has 104 valence electrons. The molecule has 1 aromatic heterocycles. The number of nitrogens with two attached hydrogens (primary N) is 1. The van der Waals surface area contributed by atoms with Gasteiger partial charge < -0.3 is 5.73 Å². The average molecular weight is 277 g/mol. The largest absolute Gasteiger partial charge is 0.403 e. The van der Waals surface area contributed by atoms with Crippen molar-refractivity contribution in [3.8, 4) is 0 Å². The molecule has 2 N–H and O–H groups in total. The quantitative estimate of drug-likeness (QED) is 0.783. The molecule has 0 bridgehead atoms. The summed E-state index contributed by atoms with van der Waals surface area (Å²) >= 11 is 0. The molecule has 0 saturated heterocycles. The van der Waals surface area contributed by atoms with Crippen LogP contribution in [0.3, 0.4) is 0 Å². The first-order valence-electron chi connectivity index (χ1n) is 6.68. The van der Waals surface area contributed by atoms with Gasteiger partial charge in [-0.1, -0.05) is 42.5 Å². The van der Waals surface area contributed by atoms with Crippen LogP contribution in [-0.2, 0) is 0 Å². The fourth-order valence-corrected chi connectivity index (χ4v) is 2.44. The topological polar surface area (TPSA) is 60.9 Å². The summed E-state index contributed by atoms with van der Waals surface area (Å²) in [5, 5.41) is 0.582. The second-order valence-corrected chi connectivity index (χ2v) is 4.73. The van der Waals surface area contributed by atoms with Crippen LogP contribution in [0.4, 0.5) is 0 Å². The molecule has 2 aromatic carbocycles. The van der Waals surface area contributed by atoms with E-state index in [0.29, 0.717) is 22.4 Å². The Labute approximate surface area is 122 Å². The molecule has 3 rings (SSSR count). The highest BCUT2D eigenvalue weighted by atomic mass is 16.1. The van der Waals surface area contributed by atoms with Gasteiger partial charge in [-0.3, -0.25) is 9.36 Å². The third-order valence-corrected chi connectivity index (χ3v) is 3.41. The van der Waals surface area contributed by atoms with Crippen molar-refractivity contribution in [2.24, 2.45) is 5.73 Å². The zero-order valence-electron chi connectivity index (χ0n) is 11.7. The lowest BCUT2D eigenvalue weighted by Gasteiger charge is -2.14. The maximum atomic E-state index is 12.7. The minimum absolute atomic E-state index is 0.112. The Morgan fingerprint density at radius 3 is 2.48 bits per heavy atom. The summed E-state index contributed by atoms with van der Waals surface area (Å²) in [7, 11) is 0. The van der Waals surface area contributed by atoms with Gasteiger partial charge in [0, 0.05) is 11.8 Å². The van der Waals surface area contributed by atoms with E-state index in [1.54, 1.807) is 17.6 Å². The van der Waals surface area contributed by atoms with Crippen LogP contribution in [0.2, 0.25) is 0 Å². The molecule has 0 aliphatic heterocycles. The first kappa shape index (κ1) is 13.1. The fraction of sp³-hybridized carbons (Fsp3) is 0.0588. The second-order valence-electron chi connectivity index (χ2n) is 4.73. The summed E-state index contributed by atoms with van der Waals surface area (Å²) < 4.78 is 1.55. The third-order valence-electron chi connectivity index (χ3n) is 3.41. The number of aromatic nitrogens is 2. The standard InChI is InChI=1S/C17H15N3O/c1-12-19-15-10-6-5-9-14(15)17(21)20(12)16(11-18)13-7-3-2-4-8-13/h2-11H,18H2,1H3/b16-11+. The van der Waals surface area contributed by atoms with Crippen LogP contribution < -0.4 is 11.3 Å². The molecule has 0 aliphatic carbocycles. The molecule has 0 aliphatic rings. The van der Waals surface area contributed by atoms with Gasteiger partial charge in [-0.2, -0.15) is 0 Å². The number of aryl methyl sites for hydroxylation is 1. The number of hydrogen-bond acceptors (Lipinski definition) is 3. The summed E-state index contributed by atoms with van der Waals surface area (Å²) in [4.78, 5) is 17.2. The Morgan fingerprint density at radius 1 is 1.10 bits per heavy atom. The van der Waals surface area contributed by atoms with Gasteiger partial charge in [0.15, 0.2) is 0 Å². The first-order valence-corrected chi connectivity index (χ1v) is 6.68. The fourth-order valence-electron chi connectivity index (χ4n) is 2.44. The van der Waals surface area contributed by atoms with E-state index in [-0.39, 0.29) is 5.56 Å². The Bertz CT molecular complexity index is 879. The van der Waals surface area contributed by atoms with E-state index in [4.69, 9.17) is 5.73 Å². The van der Waals surface area contributed by atoms with Gasteiger partial charge in [-0.05, 0) is 19.1 Å². The van der Waals surface area contributed by atoms with E-state index in [2.05, 4.69) is 4.98 Å². The van der Waals surface area contributed by atoms with Crippen LogP contribution in [0.15, 0.2) is 65.6 Å². The highest BCUT2D eigenvalue weighted by Crippen LogP contribution is 2.17. The van der Waals surface area contributed by atoms with Gasteiger partial charge in [-0.25, -0.2) is 4.98 Å². The van der Waals surface area contributed by atoms with Crippen molar-refractivity contribution in [3.05, 3.63) is 82.5 Å². The average Bonchev–Trinajstić information content (AvgIpc) is 2.52. The molecule has 0 saturated carbocycles. The molecule has 4 heteroatoms. The molecular weight excluding hydrogens is 262 g/mol. The van der Waals surface area contributed by atoms with E-state index in [9.17, 15) is 4.79 Å². The van der Waals surface area contributed by atoms with Crippen LogP contribution in [-0.4, -0.2) is 9.55 Å². The predicted molar refractivity (Wildman–Crippen MR) is 84.7 cm³/mol. The van der Waals surface area contributed by atoms with E-state index in [1.165, 1.54) is 6.20 Å². The van der Waals surface area contributed by atoms with Gasteiger partial charge in [0.05, 0.1) is 16.6 Å². The van der Waals surface area contributed by atoms with Crippen molar-refractivity contribution in [1.29, 1.82) is 0 Å². The number of fused-ring (bicyclic) bond motifs is 1. The highest BCUT2D eigenvalue weighted by Gasteiger charge is 2.12. The van der Waals surface area contributed by atoms with Crippen LogP contribution in [0, 0.1) is 6.92 Å². The van der Waals surface area contributed by atoms with Crippen molar-refractivity contribution >= 4 is 16.6 Å². The Morgan fingerprint density at radius 2 is 1.76 bits per heavy atom. The molecule has 21 heavy (non-hydrogen) atoms. The molecule has 4 nitrogen and oxygen atoms in total. The molecule has 0 fully saturated rings. The van der Waals surface area contributed by atoms with Crippen molar-refractivity contribution in [3.63, 3.8) is 0 Å². The monoisotopic (exact) mass is 277 g/mol. The summed E-state index contributed by atoms with van der Waals surface area (Å²) in [6.45, 7) is 1.81. The van der Waals surface area contributed by atoms with Crippen LogP contribution in [0.5, 0.6) is 0 Å². The van der Waals surface area contributed by atoms with E-state index < -0.39 is 0 Å². The number of benzene rings is 2. The third kappa shape index (κ3) is 2.21. The van der Waals surface area contributed by atoms with E-state index >= 15 is 0 Å². The maximum Gasteiger partial charge on any atom is 0.266 e. The smallest absolute Gasteiger partial charge is 0.266 e. The molecule has 0 unspecified atom stereocenters. The zero-order chi connectivity index (χ0) is 14.8. The normalized spacial score (nSPS) is 11.8. The van der Waals surface area contributed by atoms with Gasteiger partial charge >= 0.3 is 0 Å². The Kier molecular flexibility index (Phi) is 3.28. The van der Waals surface area contributed by atoms with Crippen molar-refractivity contribution in [2.45, 2.75) is 6.92 Å². The number of nitrogens with zero attached hydrogens (tertiary/aromatic N) is 2. The first-order chi connectivity index (χ1) is 10.2. The Balaban J connectivity index is 2.32. The van der Waals surface area contributed by atoms with Crippen LogP contribution in [0.25, 0.3) is 16.6 Å². The van der Waals surface area contributed by atoms with Crippen molar-refractivity contribution in [1.82, 2.24) is 9.55 Å². The minimum atomic E-state index is -0.112. The van der Waals surface area contributed by atoms with Gasteiger partial charge in [0.1, 0.15) is 5.82 Å². The summed E-state index contributed by atoms with van der Waals surface area (Å²) in [6.07, 6.45) is 1.44. The van der Waals surface area contributed by atoms with E-state index in [1.807, 2.05) is 48.5 Å². The summed E-state index contributed by atoms with van der Waals surface area (Å²) in [5.74, 6) is 0.610. The lowest BCUT2D eigenvalue weighted by molar-refractivity contribution is 0.913. The number of rotatable bonds is 2. The van der Waals surface area contributed by atoms with Gasteiger partial charge in [0.25, 0.3) is 5.56 Å². The van der Waals surface area contributed by atoms with Gasteiger partial charge in [0.2, 0.25) is 0 Å². The lowest BCUT2D eigenvalue weighted by Crippen LogP contribution is -2.24. The van der Waals surface area contributed by atoms with Crippen LogP contribution >= 0.6 is 0 Å². The molecule has 0 radical (unpaired) electrons. The van der Waals surface area contributed by atoms with Gasteiger partial charge in [-0.15, -0.1) is 0 Å².